The van der Waals surface area contributed by atoms with Crippen LogP contribution in [0.5, 0.6) is 0 Å². The van der Waals surface area contributed by atoms with Gasteiger partial charge >= 0.3 is 0 Å². The summed E-state index contributed by atoms with van der Waals surface area (Å²) in [6.07, 6.45) is 0. The minimum atomic E-state index is 0.557. The van der Waals surface area contributed by atoms with Crippen LogP contribution in [0.1, 0.15) is 0 Å². The zero-order valence-corrected chi connectivity index (χ0v) is 31.1. The minimum Gasteiger partial charge on any atom is -0.455 e. The minimum absolute atomic E-state index is 0.557. The molecular weight excluding hydrogens is 719 g/mol. The van der Waals surface area contributed by atoms with Gasteiger partial charge in [0.25, 0.3) is 0 Å². The third kappa shape index (κ3) is 5.12. The van der Waals surface area contributed by atoms with Crippen LogP contribution >= 0.6 is 11.3 Å². The lowest BCUT2D eigenvalue weighted by atomic mass is 9.98. The molecule has 8 aromatic carbocycles. The maximum absolute atomic E-state index is 6.91. The van der Waals surface area contributed by atoms with Gasteiger partial charge in [-0.15, -0.1) is 11.3 Å². The highest BCUT2D eigenvalue weighted by Crippen LogP contribution is 2.43. The van der Waals surface area contributed by atoms with E-state index in [2.05, 4.69) is 103 Å². The van der Waals surface area contributed by atoms with Gasteiger partial charge in [-0.05, 0) is 41.5 Å². The summed E-state index contributed by atoms with van der Waals surface area (Å²) in [5, 5.41) is 6.77. The number of para-hydroxylation sites is 3. The van der Waals surface area contributed by atoms with Gasteiger partial charge in [0.05, 0.1) is 5.56 Å². The van der Waals surface area contributed by atoms with Crippen LogP contribution in [-0.4, -0.2) is 15.0 Å². The molecule has 6 heteroatoms. The highest BCUT2D eigenvalue weighted by atomic mass is 32.1. The Balaban J connectivity index is 0.993. The van der Waals surface area contributed by atoms with Crippen molar-refractivity contribution in [2.24, 2.45) is 0 Å². The summed E-state index contributed by atoms with van der Waals surface area (Å²) in [5.41, 5.74) is 10.2. The maximum Gasteiger partial charge on any atom is 0.167 e. The fourth-order valence-electron chi connectivity index (χ4n) is 8.24. The Kier molecular flexibility index (Phi) is 7.03. The van der Waals surface area contributed by atoms with Gasteiger partial charge in [0.15, 0.2) is 17.5 Å². The van der Waals surface area contributed by atoms with Crippen molar-refractivity contribution in [3.05, 3.63) is 176 Å². The first-order valence-corrected chi connectivity index (χ1v) is 19.7. The van der Waals surface area contributed by atoms with E-state index in [0.717, 1.165) is 82.8 Å². The quantitative estimate of drug-likeness (QED) is 0.175. The second-order valence-electron chi connectivity index (χ2n) is 14.3. The number of benzene rings is 8. The lowest BCUT2D eigenvalue weighted by molar-refractivity contribution is 0.669. The van der Waals surface area contributed by atoms with E-state index >= 15 is 0 Å². The highest BCUT2D eigenvalue weighted by Gasteiger charge is 2.20. The molecule has 266 valence electrons. The molecule has 57 heavy (non-hydrogen) atoms. The molecule has 0 saturated heterocycles. The summed E-state index contributed by atoms with van der Waals surface area (Å²) in [5.74, 6) is 1.78. The van der Waals surface area contributed by atoms with Gasteiger partial charge < -0.3 is 8.83 Å². The third-order valence-electron chi connectivity index (χ3n) is 11.0. The molecule has 5 nitrogen and oxygen atoms in total. The standard InChI is InChI=1S/C51H29N3O2S/c1-3-12-30(13-4-1)49-52-50(31-14-5-2-6-15-31)54-51(53-49)41-22-11-21-40-42-28-32(25-27-43(42)55-48(40)41)34-17-9-19-38-39-20-10-18-35(47(39)56-46(34)38)33-24-26-37-36-16-7-8-23-44(36)57-45(37)29-33/h1-29H. The Morgan fingerprint density at radius 2 is 0.825 bits per heavy atom. The first-order valence-electron chi connectivity index (χ1n) is 18.9. The monoisotopic (exact) mass is 747 g/mol. The predicted molar refractivity (Wildman–Crippen MR) is 234 cm³/mol. The van der Waals surface area contributed by atoms with E-state index in [1.54, 1.807) is 0 Å². The van der Waals surface area contributed by atoms with Gasteiger partial charge in [-0.3, -0.25) is 0 Å². The Hall–Kier alpha value is -7.41. The van der Waals surface area contributed by atoms with E-state index in [-0.39, 0.29) is 0 Å². The second-order valence-corrected chi connectivity index (χ2v) is 15.4. The molecule has 4 aromatic heterocycles. The van der Waals surface area contributed by atoms with Gasteiger partial charge in [0, 0.05) is 64.0 Å². The molecular formula is C51H29N3O2S. The maximum atomic E-state index is 6.91. The number of aromatic nitrogens is 3. The number of rotatable bonds is 5. The van der Waals surface area contributed by atoms with Crippen molar-refractivity contribution >= 4 is 75.4 Å². The Labute approximate surface area is 330 Å². The summed E-state index contributed by atoms with van der Waals surface area (Å²) >= 11 is 1.83. The molecule has 12 aromatic rings. The van der Waals surface area contributed by atoms with Crippen molar-refractivity contribution < 1.29 is 8.83 Å². The smallest absolute Gasteiger partial charge is 0.167 e. The summed E-state index contributed by atoms with van der Waals surface area (Å²) in [6, 6.07) is 60.9. The molecule has 0 aliphatic heterocycles. The second kappa shape index (κ2) is 12.6. The van der Waals surface area contributed by atoms with Crippen LogP contribution < -0.4 is 0 Å². The number of hydrogen-bond donors (Lipinski definition) is 0. The summed E-state index contributed by atoms with van der Waals surface area (Å²) in [4.78, 5) is 14.9. The number of furan rings is 2. The van der Waals surface area contributed by atoms with E-state index in [1.165, 1.54) is 20.2 Å². The van der Waals surface area contributed by atoms with Gasteiger partial charge in [0.1, 0.15) is 22.3 Å². The molecule has 4 heterocycles. The van der Waals surface area contributed by atoms with Crippen LogP contribution in [0.3, 0.4) is 0 Å². The lowest BCUT2D eigenvalue weighted by Crippen LogP contribution is -2.00. The molecule has 0 aliphatic rings. The van der Waals surface area contributed by atoms with Crippen LogP contribution in [-0.2, 0) is 0 Å². The largest absolute Gasteiger partial charge is 0.455 e. The van der Waals surface area contributed by atoms with Crippen LogP contribution in [0.2, 0.25) is 0 Å². The van der Waals surface area contributed by atoms with E-state index in [0.29, 0.717) is 17.5 Å². The Morgan fingerprint density at radius 3 is 1.51 bits per heavy atom. The van der Waals surface area contributed by atoms with Crippen molar-refractivity contribution in [3.63, 3.8) is 0 Å². The first kappa shape index (κ1) is 31.9. The number of thiophene rings is 1. The molecule has 0 radical (unpaired) electrons. The van der Waals surface area contributed by atoms with Crippen LogP contribution in [0.25, 0.3) is 120 Å². The third-order valence-corrected chi connectivity index (χ3v) is 12.1. The van der Waals surface area contributed by atoms with E-state index < -0.39 is 0 Å². The Morgan fingerprint density at radius 1 is 0.316 bits per heavy atom. The van der Waals surface area contributed by atoms with Crippen molar-refractivity contribution in [2.45, 2.75) is 0 Å². The van der Waals surface area contributed by atoms with E-state index in [4.69, 9.17) is 23.8 Å². The first-order chi connectivity index (χ1) is 28.2. The fraction of sp³-hybridized carbons (Fsp3) is 0. The summed E-state index contributed by atoms with van der Waals surface area (Å²) in [6.45, 7) is 0. The van der Waals surface area contributed by atoms with Crippen molar-refractivity contribution in [1.82, 2.24) is 15.0 Å². The average molecular weight is 748 g/mol. The van der Waals surface area contributed by atoms with Crippen molar-refractivity contribution in [1.29, 1.82) is 0 Å². The molecule has 0 bridgehead atoms. The summed E-state index contributed by atoms with van der Waals surface area (Å²) < 4.78 is 16.1. The average Bonchev–Trinajstić information content (AvgIpc) is 3.97. The Bertz CT molecular complexity index is 3470. The van der Waals surface area contributed by atoms with Crippen molar-refractivity contribution in [3.8, 4) is 56.4 Å². The normalized spacial score (nSPS) is 11.9. The van der Waals surface area contributed by atoms with Crippen LogP contribution in [0.15, 0.2) is 185 Å². The van der Waals surface area contributed by atoms with E-state index in [1.807, 2.05) is 84.1 Å². The van der Waals surface area contributed by atoms with Crippen molar-refractivity contribution in [2.75, 3.05) is 0 Å². The zero-order valence-electron chi connectivity index (χ0n) is 30.3. The molecule has 0 N–H and O–H groups in total. The molecule has 0 amide bonds. The lowest BCUT2D eigenvalue weighted by Gasteiger charge is -2.08. The SMILES string of the molecule is c1ccc(-c2nc(-c3ccccc3)nc(-c3cccc4c3oc3ccc(-c5cccc6c5oc5c(-c7ccc8c(c7)sc7ccccc78)cccc56)cc34)n2)cc1. The van der Waals surface area contributed by atoms with Crippen LogP contribution in [0.4, 0.5) is 0 Å². The van der Waals surface area contributed by atoms with Crippen LogP contribution in [0, 0.1) is 0 Å². The van der Waals surface area contributed by atoms with E-state index in [9.17, 15) is 0 Å². The molecule has 0 spiro atoms. The van der Waals surface area contributed by atoms with Gasteiger partial charge in [-0.2, -0.15) is 0 Å². The van der Waals surface area contributed by atoms with Gasteiger partial charge in [0.2, 0.25) is 0 Å². The molecule has 0 aliphatic carbocycles. The molecule has 0 fully saturated rings. The zero-order chi connectivity index (χ0) is 37.5. The number of nitrogens with zero attached hydrogens (tertiary/aromatic N) is 3. The van der Waals surface area contributed by atoms with Gasteiger partial charge in [-0.25, -0.2) is 15.0 Å². The molecule has 0 saturated carbocycles. The molecule has 0 atom stereocenters. The molecule has 12 rings (SSSR count). The topological polar surface area (TPSA) is 65.0 Å². The highest BCUT2D eigenvalue weighted by molar-refractivity contribution is 7.25. The predicted octanol–water partition coefficient (Wildman–Crippen LogP) is 14.4. The van der Waals surface area contributed by atoms with Gasteiger partial charge in [-0.1, -0.05) is 146 Å². The molecule has 0 unspecified atom stereocenters. The fourth-order valence-corrected chi connectivity index (χ4v) is 9.38. The summed E-state index contributed by atoms with van der Waals surface area (Å²) in [7, 11) is 0. The number of fused-ring (bicyclic) bond motifs is 9. The number of hydrogen-bond acceptors (Lipinski definition) is 6.